The maximum atomic E-state index is 12.1. The molecule has 0 aliphatic carbocycles. The highest BCUT2D eigenvalue weighted by atomic mass is 16.3. The summed E-state index contributed by atoms with van der Waals surface area (Å²) in [4.78, 5) is 12.1. The topological polar surface area (TPSA) is 62.5 Å². The lowest BCUT2D eigenvalue weighted by atomic mass is 10.0. The van der Waals surface area contributed by atoms with Crippen molar-refractivity contribution in [2.75, 3.05) is 13.2 Å². The van der Waals surface area contributed by atoms with E-state index >= 15 is 0 Å². The van der Waals surface area contributed by atoms with Gasteiger partial charge in [-0.3, -0.25) is 4.79 Å². The molecule has 4 nitrogen and oxygen atoms in total. The third kappa shape index (κ3) is 3.35. The Morgan fingerprint density at radius 1 is 1.33 bits per heavy atom. The third-order valence-electron chi connectivity index (χ3n) is 3.45. The van der Waals surface area contributed by atoms with Crippen molar-refractivity contribution in [1.82, 2.24) is 5.32 Å². The molecule has 1 unspecified atom stereocenters. The number of aryl methyl sites for hydroxylation is 2. The van der Waals surface area contributed by atoms with Gasteiger partial charge in [-0.15, -0.1) is 0 Å². The van der Waals surface area contributed by atoms with Crippen LogP contribution in [0.15, 0.2) is 4.42 Å². The van der Waals surface area contributed by atoms with E-state index in [4.69, 9.17) is 9.52 Å². The second-order valence-corrected chi connectivity index (χ2v) is 4.71. The first kappa shape index (κ1) is 14.8. The summed E-state index contributed by atoms with van der Waals surface area (Å²) in [5.41, 5.74) is 1.55. The van der Waals surface area contributed by atoms with E-state index in [2.05, 4.69) is 12.2 Å². The fourth-order valence-corrected chi connectivity index (χ4v) is 2.09. The molecule has 1 heterocycles. The van der Waals surface area contributed by atoms with Crippen LogP contribution in [0.3, 0.4) is 0 Å². The van der Waals surface area contributed by atoms with Crippen LogP contribution in [0.4, 0.5) is 0 Å². The Labute approximate surface area is 108 Å². The van der Waals surface area contributed by atoms with Crippen molar-refractivity contribution >= 4 is 5.91 Å². The lowest BCUT2D eigenvalue weighted by Crippen LogP contribution is -2.30. The molecule has 4 heteroatoms. The number of hydrogen-bond acceptors (Lipinski definition) is 3. The molecule has 102 valence electrons. The number of carbonyl (C=O) groups is 1. The molecule has 2 N–H and O–H groups in total. The quantitative estimate of drug-likeness (QED) is 0.818. The molecular weight excluding hydrogens is 230 g/mol. The van der Waals surface area contributed by atoms with Gasteiger partial charge >= 0.3 is 0 Å². The second-order valence-electron chi connectivity index (χ2n) is 4.71. The zero-order valence-corrected chi connectivity index (χ0v) is 11.7. The van der Waals surface area contributed by atoms with E-state index in [9.17, 15) is 4.79 Å². The summed E-state index contributed by atoms with van der Waals surface area (Å²) in [5.74, 6) is 1.70. The van der Waals surface area contributed by atoms with Gasteiger partial charge in [-0.05, 0) is 33.1 Å². The lowest BCUT2D eigenvalue weighted by Gasteiger charge is -2.14. The van der Waals surface area contributed by atoms with Crippen LogP contribution in [0.1, 0.15) is 47.2 Å². The molecule has 0 aliphatic rings. The van der Waals surface area contributed by atoms with Gasteiger partial charge in [0.25, 0.3) is 5.91 Å². The minimum absolute atomic E-state index is 0.0850. The maximum absolute atomic E-state index is 12.1. The number of aliphatic hydroxyl groups is 1. The first-order valence-corrected chi connectivity index (χ1v) is 6.46. The Hall–Kier alpha value is -1.29. The molecule has 1 rings (SSSR count). The second kappa shape index (κ2) is 6.59. The molecule has 0 radical (unpaired) electrons. The van der Waals surface area contributed by atoms with Gasteiger partial charge in [0.2, 0.25) is 0 Å². The fourth-order valence-electron chi connectivity index (χ4n) is 2.09. The average Bonchev–Trinajstić information content (AvgIpc) is 2.58. The SMILES string of the molecule is CCC(CCO)CNC(=O)c1c(C)oc(C)c1C. The molecular formula is C14H23NO3. The van der Waals surface area contributed by atoms with Crippen molar-refractivity contribution in [3.8, 4) is 0 Å². The first-order chi connectivity index (χ1) is 8.51. The van der Waals surface area contributed by atoms with Crippen LogP contribution in [0.25, 0.3) is 0 Å². The van der Waals surface area contributed by atoms with Gasteiger partial charge in [-0.2, -0.15) is 0 Å². The van der Waals surface area contributed by atoms with E-state index in [-0.39, 0.29) is 12.5 Å². The van der Waals surface area contributed by atoms with Crippen LogP contribution in [0.5, 0.6) is 0 Å². The Morgan fingerprint density at radius 3 is 2.44 bits per heavy atom. The Bertz CT molecular complexity index is 409. The molecule has 1 amide bonds. The zero-order valence-electron chi connectivity index (χ0n) is 11.7. The number of hydrogen-bond donors (Lipinski definition) is 2. The van der Waals surface area contributed by atoms with Crippen LogP contribution in [-0.2, 0) is 0 Å². The molecule has 0 aromatic carbocycles. The van der Waals surface area contributed by atoms with E-state index in [0.717, 1.165) is 24.2 Å². The number of furan rings is 1. The van der Waals surface area contributed by atoms with Gasteiger partial charge in [-0.25, -0.2) is 0 Å². The van der Waals surface area contributed by atoms with E-state index in [1.54, 1.807) is 6.92 Å². The molecule has 18 heavy (non-hydrogen) atoms. The van der Waals surface area contributed by atoms with Crippen molar-refractivity contribution in [2.24, 2.45) is 5.92 Å². The predicted octanol–water partition coefficient (Wildman–Crippen LogP) is 2.34. The number of nitrogens with one attached hydrogen (secondary N) is 1. The van der Waals surface area contributed by atoms with E-state index in [0.29, 0.717) is 23.8 Å². The molecule has 1 aromatic heterocycles. The molecule has 0 saturated heterocycles. The van der Waals surface area contributed by atoms with Crippen LogP contribution in [0.2, 0.25) is 0 Å². The third-order valence-corrected chi connectivity index (χ3v) is 3.45. The number of carbonyl (C=O) groups excluding carboxylic acids is 1. The van der Waals surface area contributed by atoms with Gasteiger partial charge in [0.15, 0.2) is 0 Å². The van der Waals surface area contributed by atoms with Crippen LogP contribution >= 0.6 is 0 Å². The molecule has 1 aromatic rings. The number of rotatable bonds is 6. The van der Waals surface area contributed by atoms with Crippen LogP contribution in [0, 0.1) is 26.7 Å². The summed E-state index contributed by atoms with van der Waals surface area (Å²) in [6, 6.07) is 0. The highest BCUT2D eigenvalue weighted by molar-refractivity contribution is 5.96. The van der Waals surface area contributed by atoms with Gasteiger partial charge in [-0.1, -0.05) is 13.3 Å². The molecule has 0 fully saturated rings. The average molecular weight is 253 g/mol. The lowest BCUT2D eigenvalue weighted by molar-refractivity contribution is 0.0941. The Balaban J connectivity index is 2.65. The summed E-state index contributed by atoms with van der Waals surface area (Å²) in [6.45, 7) is 8.38. The molecule has 0 aliphatic heterocycles. The largest absolute Gasteiger partial charge is 0.466 e. The molecule has 1 atom stereocenters. The smallest absolute Gasteiger partial charge is 0.255 e. The van der Waals surface area contributed by atoms with Crippen molar-refractivity contribution in [3.05, 3.63) is 22.6 Å². The standard InChI is InChI=1S/C14H23NO3/c1-5-12(6-7-16)8-15-14(17)13-9(2)10(3)18-11(13)4/h12,16H,5-8H2,1-4H3,(H,15,17). The molecule has 0 spiro atoms. The summed E-state index contributed by atoms with van der Waals surface area (Å²) in [7, 11) is 0. The van der Waals surface area contributed by atoms with Crippen molar-refractivity contribution in [3.63, 3.8) is 0 Å². The Morgan fingerprint density at radius 2 is 2.00 bits per heavy atom. The van der Waals surface area contributed by atoms with Crippen molar-refractivity contribution in [1.29, 1.82) is 0 Å². The summed E-state index contributed by atoms with van der Waals surface area (Å²) in [5, 5.41) is 11.8. The number of amides is 1. The molecule has 0 saturated carbocycles. The summed E-state index contributed by atoms with van der Waals surface area (Å²) in [6.07, 6.45) is 1.67. The highest BCUT2D eigenvalue weighted by Gasteiger charge is 2.18. The van der Waals surface area contributed by atoms with E-state index < -0.39 is 0 Å². The summed E-state index contributed by atoms with van der Waals surface area (Å²) < 4.78 is 5.45. The minimum Gasteiger partial charge on any atom is -0.466 e. The summed E-state index contributed by atoms with van der Waals surface area (Å²) >= 11 is 0. The maximum Gasteiger partial charge on any atom is 0.255 e. The molecule has 0 bridgehead atoms. The van der Waals surface area contributed by atoms with Crippen molar-refractivity contribution in [2.45, 2.75) is 40.5 Å². The number of aliphatic hydroxyl groups excluding tert-OH is 1. The Kier molecular flexibility index (Phi) is 5.41. The van der Waals surface area contributed by atoms with Gasteiger partial charge in [0.1, 0.15) is 11.5 Å². The van der Waals surface area contributed by atoms with Gasteiger partial charge in [0.05, 0.1) is 5.56 Å². The van der Waals surface area contributed by atoms with Crippen LogP contribution < -0.4 is 5.32 Å². The fraction of sp³-hybridized carbons (Fsp3) is 0.643. The predicted molar refractivity (Wildman–Crippen MR) is 70.7 cm³/mol. The highest BCUT2D eigenvalue weighted by Crippen LogP contribution is 2.20. The van der Waals surface area contributed by atoms with Gasteiger partial charge < -0.3 is 14.8 Å². The van der Waals surface area contributed by atoms with Gasteiger partial charge in [0, 0.05) is 18.7 Å². The minimum atomic E-state index is -0.0850. The zero-order chi connectivity index (χ0) is 13.7. The normalized spacial score (nSPS) is 12.5. The first-order valence-electron chi connectivity index (χ1n) is 6.46. The van der Waals surface area contributed by atoms with E-state index in [1.165, 1.54) is 0 Å². The van der Waals surface area contributed by atoms with Crippen LogP contribution in [-0.4, -0.2) is 24.2 Å². The van der Waals surface area contributed by atoms with E-state index in [1.807, 2.05) is 13.8 Å². The monoisotopic (exact) mass is 253 g/mol. The van der Waals surface area contributed by atoms with Crippen molar-refractivity contribution < 1.29 is 14.3 Å².